The van der Waals surface area contributed by atoms with Gasteiger partial charge in [-0.2, -0.15) is 0 Å². The summed E-state index contributed by atoms with van der Waals surface area (Å²) in [5, 5.41) is 2.94. The first-order chi connectivity index (χ1) is 9.67. The molecule has 0 aliphatic rings. The molecule has 0 saturated carbocycles. The van der Waals surface area contributed by atoms with Crippen molar-refractivity contribution in [2.75, 3.05) is 31.9 Å². The lowest BCUT2D eigenvalue weighted by Gasteiger charge is -2.20. The number of carbonyl (C=O) groups excluding carboxylic acids is 1. The molecule has 0 unspecified atom stereocenters. The third kappa shape index (κ3) is 9.13. The molecule has 4 nitrogen and oxygen atoms in total. The normalized spacial score (nSPS) is 9.77. The zero-order valence-corrected chi connectivity index (χ0v) is 15.1. The molecular formula is C16H29Cl2N3O. The van der Waals surface area contributed by atoms with Crippen LogP contribution in [0.4, 0.5) is 5.69 Å². The summed E-state index contributed by atoms with van der Waals surface area (Å²) < 4.78 is 0. The van der Waals surface area contributed by atoms with Crippen molar-refractivity contribution in [3.05, 3.63) is 29.8 Å². The van der Waals surface area contributed by atoms with Crippen LogP contribution in [0.15, 0.2) is 24.3 Å². The molecule has 1 rings (SSSR count). The maximum Gasteiger partial charge on any atom is 0.251 e. The van der Waals surface area contributed by atoms with Crippen LogP contribution in [-0.2, 0) is 0 Å². The minimum absolute atomic E-state index is 0. The summed E-state index contributed by atoms with van der Waals surface area (Å²) in [6.45, 7) is 8.42. The second kappa shape index (κ2) is 13.7. The summed E-state index contributed by atoms with van der Waals surface area (Å²) in [6, 6.07) is 7.07. The van der Waals surface area contributed by atoms with Gasteiger partial charge in [-0.1, -0.05) is 19.9 Å². The van der Waals surface area contributed by atoms with Gasteiger partial charge in [0.05, 0.1) is 0 Å². The molecule has 0 fully saturated rings. The van der Waals surface area contributed by atoms with E-state index in [0.717, 1.165) is 26.1 Å². The highest BCUT2D eigenvalue weighted by atomic mass is 35.5. The van der Waals surface area contributed by atoms with E-state index in [-0.39, 0.29) is 30.7 Å². The fourth-order valence-electron chi connectivity index (χ4n) is 2.25. The quantitative estimate of drug-likeness (QED) is 0.530. The molecule has 0 aromatic heterocycles. The molecule has 0 bridgehead atoms. The second-order valence-corrected chi connectivity index (χ2v) is 5.08. The van der Waals surface area contributed by atoms with Crippen molar-refractivity contribution in [3.63, 3.8) is 0 Å². The summed E-state index contributed by atoms with van der Waals surface area (Å²) in [5.41, 5.74) is 6.92. The molecule has 1 amide bonds. The molecular weight excluding hydrogens is 321 g/mol. The predicted octanol–water partition coefficient (Wildman–Crippen LogP) is 3.35. The Morgan fingerprint density at radius 2 is 1.77 bits per heavy atom. The van der Waals surface area contributed by atoms with Crippen molar-refractivity contribution < 1.29 is 4.79 Å². The van der Waals surface area contributed by atoms with Gasteiger partial charge in [0.1, 0.15) is 0 Å². The summed E-state index contributed by atoms with van der Waals surface area (Å²) in [7, 11) is 0. The first-order valence-corrected chi connectivity index (χ1v) is 7.53. The summed E-state index contributed by atoms with van der Waals surface area (Å²) >= 11 is 0. The summed E-state index contributed by atoms with van der Waals surface area (Å²) in [5.74, 6) is -0.0465. The highest BCUT2D eigenvalue weighted by Gasteiger charge is 2.06. The molecule has 0 aliphatic heterocycles. The average molecular weight is 350 g/mol. The van der Waals surface area contributed by atoms with Gasteiger partial charge in [-0.3, -0.25) is 4.79 Å². The van der Waals surface area contributed by atoms with E-state index in [0.29, 0.717) is 17.8 Å². The van der Waals surface area contributed by atoms with Crippen molar-refractivity contribution in [2.24, 2.45) is 0 Å². The van der Waals surface area contributed by atoms with E-state index in [1.165, 1.54) is 12.8 Å². The number of rotatable bonds is 9. The van der Waals surface area contributed by atoms with E-state index in [2.05, 4.69) is 24.1 Å². The molecule has 0 aliphatic carbocycles. The number of hydrogen-bond donors (Lipinski definition) is 2. The molecule has 128 valence electrons. The Bertz CT molecular complexity index is 410. The largest absolute Gasteiger partial charge is 0.399 e. The fourth-order valence-corrected chi connectivity index (χ4v) is 2.25. The Morgan fingerprint density at radius 3 is 2.32 bits per heavy atom. The fraction of sp³-hybridized carbons (Fsp3) is 0.562. The van der Waals surface area contributed by atoms with Gasteiger partial charge in [0.15, 0.2) is 0 Å². The number of amides is 1. The van der Waals surface area contributed by atoms with E-state index >= 15 is 0 Å². The molecule has 1 aromatic carbocycles. The highest BCUT2D eigenvalue weighted by molar-refractivity contribution is 5.94. The van der Waals surface area contributed by atoms with Crippen LogP contribution in [0.3, 0.4) is 0 Å². The van der Waals surface area contributed by atoms with Crippen molar-refractivity contribution >= 4 is 36.4 Å². The van der Waals surface area contributed by atoms with E-state index in [1.807, 2.05) is 0 Å². The number of nitrogen functional groups attached to an aromatic ring is 1. The van der Waals surface area contributed by atoms with Gasteiger partial charge in [0, 0.05) is 17.8 Å². The summed E-state index contributed by atoms with van der Waals surface area (Å²) in [4.78, 5) is 14.4. The summed E-state index contributed by atoms with van der Waals surface area (Å²) in [6.07, 6.45) is 3.33. The van der Waals surface area contributed by atoms with E-state index < -0.39 is 0 Å². The van der Waals surface area contributed by atoms with Crippen LogP contribution in [0.5, 0.6) is 0 Å². The lowest BCUT2D eigenvalue weighted by Crippen LogP contribution is -2.31. The molecule has 0 atom stereocenters. The van der Waals surface area contributed by atoms with Gasteiger partial charge in [-0.25, -0.2) is 0 Å². The van der Waals surface area contributed by atoms with E-state index in [4.69, 9.17) is 5.73 Å². The number of nitrogens with one attached hydrogen (secondary N) is 1. The van der Waals surface area contributed by atoms with Gasteiger partial charge >= 0.3 is 0 Å². The molecule has 1 aromatic rings. The molecule has 3 N–H and O–H groups in total. The van der Waals surface area contributed by atoms with Gasteiger partial charge < -0.3 is 16.0 Å². The molecule has 0 heterocycles. The number of hydrogen-bond acceptors (Lipinski definition) is 3. The lowest BCUT2D eigenvalue weighted by molar-refractivity contribution is 0.0951. The zero-order chi connectivity index (χ0) is 14.8. The minimum Gasteiger partial charge on any atom is -0.399 e. The van der Waals surface area contributed by atoms with Crippen LogP contribution < -0.4 is 11.1 Å². The lowest BCUT2D eigenvalue weighted by atomic mass is 10.2. The number of nitrogens with zero attached hydrogens (tertiary/aromatic N) is 1. The molecule has 22 heavy (non-hydrogen) atoms. The minimum atomic E-state index is -0.0465. The Morgan fingerprint density at radius 1 is 1.14 bits per heavy atom. The topological polar surface area (TPSA) is 58.4 Å². The monoisotopic (exact) mass is 349 g/mol. The van der Waals surface area contributed by atoms with Crippen molar-refractivity contribution in [2.45, 2.75) is 33.1 Å². The third-order valence-electron chi connectivity index (χ3n) is 3.17. The smallest absolute Gasteiger partial charge is 0.251 e. The van der Waals surface area contributed by atoms with Crippen LogP contribution in [0, 0.1) is 0 Å². The zero-order valence-electron chi connectivity index (χ0n) is 13.5. The van der Waals surface area contributed by atoms with Gasteiger partial charge in [-0.15, -0.1) is 24.8 Å². The molecule has 0 radical (unpaired) electrons. The Kier molecular flexibility index (Phi) is 14.5. The SMILES string of the molecule is CCCN(CCC)CCCNC(=O)c1cccc(N)c1.Cl.Cl. The first-order valence-electron chi connectivity index (χ1n) is 7.53. The van der Waals surface area contributed by atoms with Crippen molar-refractivity contribution in [1.82, 2.24) is 10.2 Å². The molecule has 6 heteroatoms. The van der Waals surface area contributed by atoms with Crippen LogP contribution in [0.1, 0.15) is 43.5 Å². The Balaban J connectivity index is 0. The second-order valence-electron chi connectivity index (χ2n) is 5.08. The number of nitrogens with two attached hydrogens (primary N) is 1. The molecule has 0 saturated heterocycles. The van der Waals surface area contributed by atoms with Gasteiger partial charge in [0.2, 0.25) is 0 Å². The van der Waals surface area contributed by atoms with Crippen molar-refractivity contribution in [3.8, 4) is 0 Å². The maximum atomic E-state index is 11.9. The van der Waals surface area contributed by atoms with Crippen LogP contribution in [0.25, 0.3) is 0 Å². The first kappa shape index (κ1) is 23.3. The van der Waals surface area contributed by atoms with Crippen molar-refractivity contribution in [1.29, 1.82) is 0 Å². The van der Waals surface area contributed by atoms with Crippen LogP contribution in [0.2, 0.25) is 0 Å². The standard InChI is InChI=1S/C16H27N3O.2ClH/c1-3-10-19(11-4-2)12-6-9-18-16(20)14-7-5-8-15(17)13-14;;/h5,7-8,13H,3-4,6,9-12,17H2,1-2H3,(H,18,20);2*1H. The predicted molar refractivity (Wildman–Crippen MR) is 99.3 cm³/mol. The number of halogens is 2. The number of anilines is 1. The highest BCUT2D eigenvalue weighted by Crippen LogP contribution is 2.06. The van der Waals surface area contributed by atoms with Crippen LogP contribution in [-0.4, -0.2) is 37.0 Å². The Labute approximate surface area is 146 Å². The third-order valence-corrected chi connectivity index (χ3v) is 3.17. The Hall–Kier alpha value is -0.970. The van der Waals surface area contributed by atoms with Gasteiger partial charge in [0.25, 0.3) is 5.91 Å². The maximum absolute atomic E-state index is 11.9. The van der Waals surface area contributed by atoms with Crippen LogP contribution >= 0.6 is 24.8 Å². The average Bonchev–Trinajstić information content (AvgIpc) is 2.43. The van der Waals surface area contributed by atoms with E-state index in [9.17, 15) is 4.79 Å². The van der Waals surface area contributed by atoms with E-state index in [1.54, 1.807) is 24.3 Å². The molecule has 0 spiro atoms. The number of carbonyl (C=O) groups is 1. The van der Waals surface area contributed by atoms with Gasteiger partial charge in [-0.05, 0) is 57.1 Å². The number of benzene rings is 1.